The number of hydrogen-bond acceptors (Lipinski definition) is 7. The molecule has 2 saturated heterocycles. The minimum Gasteiger partial charge on any atom is -0.396 e. The number of morpholine rings is 1. The topological polar surface area (TPSA) is 98.1 Å². The Morgan fingerprint density at radius 1 is 1.19 bits per heavy atom. The third kappa shape index (κ3) is 2.83. The number of nitrogens with two attached hydrogens (primary N) is 2. The van der Waals surface area contributed by atoms with Crippen LogP contribution in [0.4, 0.5) is 0 Å². The zero-order valence-corrected chi connectivity index (χ0v) is 12.7. The fraction of sp³-hybridized carbons (Fsp3) is 0.769. The van der Waals surface area contributed by atoms with Crippen molar-refractivity contribution < 1.29 is 9.47 Å². The molecule has 0 radical (unpaired) electrons. The van der Waals surface area contributed by atoms with E-state index in [1.54, 1.807) is 0 Å². The minimum absolute atomic E-state index is 0.137. The summed E-state index contributed by atoms with van der Waals surface area (Å²) in [7, 11) is 0. The zero-order valence-electron chi connectivity index (χ0n) is 12.0. The van der Waals surface area contributed by atoms with Gasteiger partial charge in [-0.25, -0.2) is 4.99 Å². The largest absolute Gasteiger partial charge is 0.396 e. The Bertz CT molecular complexity index is 457. The van der Waals surface area contributed by atoms with Gasteiger partial charge < -0.3 is 31.2 Å². The van der Waals surface area contributed by atoms with Gasteiger partial charge in [-0.3, -0.25) is 0 Å². The number of amidine groups is 1. The lowest BCUT2D eigenvalue weighted by Crippen LogP contribution is -2.58. The van der Waals surface area contributed by atoms with Crippen molar-refractivity contribution in [1.29, 1.82) is 0 Å². The Kier molecular flexibility index (Phi) is 4.26. The van der Waals surface area contributed by atoms with Crippen LogP contribution >= 0.6 is 11.6 Å². The van der Waals surface area contributed by atoms with E-state index in [1.165, 1.54) is 0 Å². The highest BCUT2D eigenvalue weighted by Crippen LogP contribution is 2.34. The van der Waals surface area contributed by atoms with Crippen LogP contribution in [0.25, 0.3) is 0 Å². The SMILES string of the molecule is NC1=C(N2CCOCC2)NC(Cl)=NC1(N)C1CCOCC1. The van der Waals surface area contributed by atoms with Gasteiger partial charge in [0.15, 0.2) is 11.0 Å². The van der Waals surface area contributed by atoms with E-state index in [0.717, 1.165) is 31.8 Å². The molecule has 118 valence electrons. The third-order valence-corrected chi connectivity index (χ3v) is 4.54. The molecule has 0 aliphatic carbocycles. The maximum atomic E-state index is 6.56. The van der Waals surface area contributed by atoms with Crippen LogP contribution in [-0.4, -0.2) is 55.4 Å². The molecule has 21 heavy (non-hydrogen) atoms. The predicted octanol–water partition coefficient (Wildman–Crippen LogP) is -0.274. The summed E-state index contributed by atoms with van der Waals surface area (Å²) >= 11 is 6.18. The number of nitrogens with one attached hydrogen (secondary N) is 1. The van der Waals surface area contributed by atoms with E-state index in [2.05, 4.69) is 15.2 Å². The molecular weight excluding hydrogens is 294 g/mol. The zero-order chi connectivity index (χ0) is 14.9. The van der Waals surface area contributed by atoms with Crippen molar-refractivity contribution in [3.63, 3.8) is 0 Å². The standard InChI is InChI=1S/C13H22ClN5O2/c14-12-17-11(19-3-7-21-8-4-19)10(15)13(16,18-12)9-1-5-20-6-2-9/h9H,1-8,15-16H2,(H,17,18). The molecule has 1 atom stereocenters. The molecule has 0 aromatic heterocycles. The van der Waals surface area contributed by atoms with E-state index in [-0.39, 0.29) is 5.92 Å². The van der Waals surface area contributed by atoms with Crippen LogP contribution in [0.1, 0.15) is 12.8 Å². The predicted molar refractivity (Wildman–Crippen MR) is 80.5 cm³/mol. The number of nitrogens with zero attached hydrogens (tertiary/aromatic N) is 2. The summed E-state index contributed by atoms with van der Waals surface area (Å²) in [6.07, 6.45) is 1.67. The Labute approximate surface area is 129 Å². The maximum Gasteiger partial charge on any atom is 0.199 e. The number of rotatable bonds is 2. The Balaban J connectivity index is 1.90. The first kappa shape index (κ1) is 14.9. The highest BCUT2D eigenvalue weighted by molar-refractivity contribution is 6.65. The second-order valence-electron chi connectivity index (χ2n) is 5.60. The van der Waals surface area contributed by atoms with Crippen LogP contribution in [0.15, 0.2) is 16.5 Å². The lowest BCUT2D eigenvalue weighted by atomic mass is 9.84. The molecule has 3 rings (SSSR count). The summed E-state index contributed by atoms with van der Waals surface area (Å²) in [5.41, 5.74) is 12.5. The number of halogens is 1. The molecule has 1 unspecified atom stereocenters. The van der Waals surface area contributed by atoms with Crippen molar-refractivity contribution in [2.75, 3.05) is 39.5 Å². The quantitative estimate of drug-likeness (QED) is 0.607. The van der Waals surface area contributed by atoms with Crippen LogP contribution in [0.3, 0.4) is 0 Å². The molecule has 2 fully saturated rings. The Morgan fingerprint density at radius 2 is 1.81 bits per heavy atom. The summed E-state index contributed by atoms with van der Waals surface area (Å²) in [4.78, 5) is 6.54. The normalized spacial score (nSPS) is 31.9. The van der Waals surface area contributed by atoms with Gasteiger partial charge in [0.1, 0.15) is 5.82 Å². The molecule has 3 aliphatic rings. The average molecular weight is 316 g/mol. The van der Waals surface area contributed by atoms with Crippen molar-refractivity contribution in [3.05, 3.63) is 11.5 Å². The lowest BCUT2D eigenvalue weighted by molar-refractivity contribution is 0.0398. The molecule has 0 aromatic rings. The molecule has 3 heterocycles. The van der Waals surface area contributed by atoms with E-state index >= 15 is 0 Å². The monoisotopic (exact) mass is 315 g/mol. The summed E-state index contributed by atoms with van der Waals surface area (Å²) in [5.74, 6) is 0.908. The number of ether oxygens (including phenoxy) is 2. The van der Waals surface area contributed by atoms with Crippen LogP contribution < -0.4 is 16.8 Å². The fourth-order valence-electron chi connectivity index (χ4n) is 3.09. The van der Waals surface area contributed by atoms with Gasteiger partial charge in [0.05, 0.1) is 18.9 Å². The van der Waals surface area contributed by atoms with Gasteiger partial charge in [-0.1, -0.05) is 0 Å². The number of hydrogen-bond donors (Lipinski definition) is 3. The highest BCUT2D eigenvalue weighted by Gasteiger charge is 2.43. The van der Waals surface area contributed by atoms with Gasteiger partial charge in [-0.15, -0.1) is 0 Å². The van der Waals surface area contributed by atoms with E-state index in [4.69, 9.17) is 32.5 Å². The molecular formula is C13H22ClN5O2. The van der Waals surface area contributed by atoms with Crippen molar-refractivity contribution in [2.24, 2.45) is 22.4 Å². The fourth-order valence-corrected chi connectivity index (χ4v) is 3.32. The Hall–Kier alpha value is -1.02. The molecule has 0 amide bonds. The van der Waals surface area contributed by atoms with Gasteiger partial charge in [0.25, 0.3) is 0 Å². The average Bonchev–Trinajstić information content (AvgIpc) is 2.52. The van der Waals surface area contributed by atoms with Crippen LogP contribution in [0, 0.1) is 5.92 Å². The second kappa shape index (κ2) is 6.00. The molecule has 3 aliphatic heterocycles. The third-order valence-electron chi connectivity index (χ3n) is 4.36. The first-order valence-corrected chi connectivity index (χ1v) is 7.71. The van der Waals surface area contributed by atoms with Crippen molar-refractivity contribution in [1.82, 2.24) is 10.2 Å². The van der Waals surface area contributed by atoms with Gasteiger partial charge in [0, 0.05) is 32.2 Å². The first-order chi connectivity index (χ1) is 10.1. The van der Waals surface area contributed by atoms with Crippen LogP contribution in [0.5, 0.6) is 0 Å². The van der Waals surface area contributed by atoms with E-state index in [1.807, 2.05) is 0 Å². The highest BCUT2D eigenvalue weighted by atomic mass is 35.5. The molecule has 7 nitrogen and oxygen atoms in total. The molecule has 5 N–H and O–H groups in total. The van der Waals surface area contributed by atoms with Crippen molar-refractivity contribution >= 4 is 16.9 Å². The molecule has 0 saturated carbocycles. The molecule has 0 bridgehead atoms. The van der Waals surface area contributed by atoms with Gasteiger partial charge in [-0.2, -0.15) is 0 Å². The Morgan fingerprint density at radius 3 is 2.48 bits per heavy atom. The van der Waals surface area contributed by atoms with Crippen LogP contribution in [-0.2, 0) is 9.47 Å². The van der Waals surface area contributed by atoms with Gasteiger partial charge >= 0.3 is 0 Å². The maximum absolute atomic E-state index is 6.56. The minimum atomic E-state index is -0.959. The van der Waals surface area contributed by atoms with Crippen LogP contribution in [0.2, 0.25) is 0 Å². The number of aliphatic imine (C=N–C) groups is 1. The summed E-state index contributed by atoms with van der Waals surface area (Å²) in [5, 5.41) is 3.35. The summed E-state index contributed by atoms with van der Waals surface area (Å²) in [6.45, 7) is 4.23. The van der Waals surface area contributed by atoms with E-state index in [0.29, 0.717) is 37.4 Å². The lowest BCUT2D eigenvalue weighted by Gasteiger charge is -2.42. The summed E-state index contributed by atoms with van der Waals surface area (Å²) < 4.78 is 10.8. The second-order valence-corrected chi connectivity index (χ2v) is 5.96. The molecule has 0 aromatic carbocycles. The first-order valence-electron chi connectivity index (χ1n) is 7.33. The van der Waals surface area contributed by atoms with Gasteiger partial charge in [-0.05, 0) is 24.4 Å². The van der Waals surface area contributed by atoms with Crippen molar-refractivity contribution in [3.8, 4) is 0 Å². The van der Waals surface area contributed by atoms with Crippen molar-refractivity contribution in [2.45, 2.75) is 18.5 Å². The molecule has 0 spiro atoms. The van der Waals surface area contributed by atoms with E-state index < -0.39 is 5.66 Å². The van der Waals surface area contributed by atoms with E-state index in [9.17, 15) is 0 Å². The summed E-state index contributed by atoms with van der Waals surface area (Å²) in [6, 6.07) is 0. The van der Waals surface area contributed by atoms with Gasteiger partial charge in [0.2, 0.25) is 0 Å². The molecule has 8 heteroatoms. The smallest absolute Gasteiger partial charge is 0.199 e.